The normalized spacial score (nSPS) is 10.3. The molecule has 3 rings (SSSR count). The molecule has 25 heavy (non-hydrogen) atoms. The zero-order valence-electron chi connectivity index (χ0n) is 13.4. The molecule has 0 aliphatic rings. The number of carbonyl (C=O) groups is 1. The summed E-state index contributed by atoms with van der Waals surface area (Å²) in [5.41, 5.74) is 2.18. The summed E-state index contributed by atoms with van der Waals surface area (Å²) in [6.07, 6.45) is 1.53. The highest BCUT2D eigenvalue weighted by atomic mass is 19.1. The van der Waals surface area contributed by atoms with Gasteiger partial charge in [-0.25, -0.2) is 14.4 Å². The number of hydrogen-bond acceptors (Lipinski definition) is 4. The van der Waals surface area contributed by atoms with Gasteiger partial charge in [0.2, 0.25) is 5.95 Å². The number of aromatic nitrogens is 2. The quantitative estimate of drug-likeness (QED) is 0.726. The predicted molar refractivity (Wildman–Crippen MR) is 93.4 cm³/mol. The highest BCUT2D eigenvalue weighted by Gasteiger charge is 2.08. The van der Waals surface area contributed by atoms with Crippen LogP contribution in [0.3, 0.4) is 0 Å². The highest BCUT2D eigenvalue weighted by molar-refractivity contribution is 5.92. The third-order valence-electron chi connectivity index (χ3n) is 3.55. The maximum atomic E-state index is 12.9. The molecule has 0 atom stereocenters. The smallest absolute Gasteiger partial charge is 0.270 e. The Kier molecular flexibility index (Phi) is 5.31. The van der Waals surface area contributed by atoms with Gasteiger partial charge in [-0.1, -0.05) is 42.5 Å². The Labute approximate surface area is 145 Å². The molecule has 2 aromatic carbocycles. The van der Waals surface area contributed by atoms with Crippen LogP contribution in [0.1, 0.15) is 21.6 Å². The van der Waals surface area contributed by atoms with Crippen LogP contribution in [0.2, 0.25) is 0 Å². The van der Waals surface area contributed by atoms with Crippen molar-refractivity contribution in [2.24, 2.45) is 0 Å². The first kappa shape index (κ1) is 16.6. The van der Waals surface area contributed by atoms with Crippen molar-refractivity contribution in [1.82, 2.24) is 15.3 Å². The van der Waals surface area contributed by atoms with E-state index < -0.39 is 0 Å². The van der Waals surface area contributed by atoms with Gasteiger partial charge in [-0.05, 0) is 29.3 Å². The van der Waals surface area contributed by atoms with E-state index in [1.807, 2.05) is 30.3 Å². The van der Waals surface area contributed by atoms with Crippen LogP contribution < -0.4 is 10.6 Å². The molecule has 1 aromatic heterocycles. The van der Waals surface area contributed by atoms with Crippen molar-refractivity contribution in [3.63, 3.8) is 0 Å². The monoisotopic (exact) mass is 336 g/mol. The molecule has 6 heteroatoms. The topological polar surface area (TPSA) is 66.9 Å². The summed E-state index contributed by atoms with van der Waals surface area (Å²) < 4.78 is 12.9. The van der Waals surface area contributed by atoms with Crippen molar-refractivity contribution >= 4 is 11.9 Å². The first-order valence-corrected chi connectivity index (χ1v) is 7.84. The summed E-state index contributed by atoms with van der Waals surface area (Å²) in [7, 11) is 0. The second-order valence-corrected chi connectivity index (χ2v) is 5.41. The van der Waals surface area contributed by atoms with E-state index in [1.54, 1.807) is 18.2 Å². The van der Waals surface area contributed by atoms with Gasteiger partial charge >= 0.3 is 0 Å². The molecule has 0 aliphatic heterocycles. The fourth-order valence-corrected chi connectivity index (χ4v) is 2.22. The molecule has 0 saturated carbocycles. The summed E-state index contributed by atoms with van der Waals surface area (Å²) in [6.45, 7) is 0.872. The summed E-state index contributed by atoms with van der Waals surface area (Å²) in [6, 6.07) is 17.4. The first-order valence-electron chi connectivity index (χ1n) is 7.84. The molecule has 5 nitrogen and oxygen atoms in total. The largest absolute Gasteiger partial charge is 0.350 e. The lowest BCUT2D eigenvalue weighted by atomic mass is 10.2. The van der Waals surface area contributed by atoms with E-state index in [4.69, 9.17) is 0 Å². The summed E-state index contributed by atoms with van der Waals surface area (Å²) >= 11 is 0. The van der Waals surface area contributed by atoms with Crippen molar-refractivity contribution in [2.75, 3.05) is 5.32 Å². The van der Waals surface area contributed by atoms with Crippen molar-refractivity contribution in [1.29, 1.82) is 0 Å². The fourth-order valence-electron chi connectivity index (χ4n) is 2.22. The maximum absolute atomic E-state index is 12.9. The Morgan fingerprint density at radius 2 is 1.64 bits per heavy atom. The average Bonchev–Trinajstić information content (AvgIpc) is 2.67. The number of benzene rings is 2. The Morgan fingerprint density at radius 1 is 0.920 bits per heavy atom. The number of amides is 1. The van der Waals surface area contributed by atoms with Crippen LogP contribution in [0, 0.1) is 5.82 Å². The van der Waals surface area contributed by atoms with Crippen LogP contribution in [-0.4, -0.2) is 15.9 Å². The maximum Gasteiger partial charge on any atom is 0.270 e. The van der Waals surface area contributed by atoms with E-state index in [0.29, 0.717) is 19.0 Å². The van der Waals surface area contributed by atoms with Crippen LogP contribution in [0.15, 0.2) is 66.9 Å². The van der Waals surface area contributed by atoms with E-state index in [0.717, 1.165) is 11.1 Å². The fraction of sp³-hybridized carbons (Fsp3) is 0.105. The Hall–Kier alpha value is -3.28. The molecule has 2 N–H and O–H groups in total. The average molecular weight is 336 g/mol. The number of halogens is 1. The van der Waals surface area contributed by atoms with E-state index in [-0.39, 0.29) is 17.4 Å². The molecule has 3 aromatic rings. The number of nitrogens with one attached hydrogen (secondary N) is 2. The van der Waals surface area contributed by atoms with E-state index >= 15 is 0 Å². The molecule has 0 saturated heterocycles. The van der Waals surface area contributed by atoms with Crippen molar-refractivity contribution in [2.45, 2.75) is 13.1 Å². The van der Waals surface area contributed by atoms with Crippen LogP contribution in [0.5, 0.6) is 0 Å². The lowest BCUT2D eigenvalue weighted by Gasteiger charge is -2.08. The molecular weight excluding hydrogens is 319 g/mol. The van der Waals surface area contributed by atoms with E-state index in [1.165, 1.54) is 18.3 Å². The third-order valence-corrected chi connectivity index (χ3v) is 3.55. The van der Waals surface area contributed by atoms with Crippen LogP contribution >= 0.6 is 0 Å². The molecular formula is C19H17FN4O. The number of carbonyl (C=O) groups excluding carboxylic acids is 1. The molecule has 0 spiro atoms. The van der Waals surface area contributed by atoms with Gasteiger partial charge in [0.25, 0.3) is 5.91 Å². The number of rotatable bonds is 6. The van der Waals surface area contributed by atoms with Gasteiger partial charge in [0, 0.05) is 19.3 Å². The summed E-state index contributed by atoms with van der Waals surface area (Å²) in [4.78, 5) is 20.5. The van der Waals surface area contributed by atoms with E-state index in [9.17, 15) is 9.18 Å². The minimum absolute atomic E-state index is 0.271. The molecule has 0 fully saturated rings. The van der Waals surface area contributed by atoms with Gasteiger partial charge in [-0.15, -0.1) is 0 Å². The van der Waals surface area contributed by atoms with Crippen LogP contribution in [0.4, 0.5) is 10.3 Å². The summed E-state index contributed by atoms with van der Waals surface area (Å²) in [5, 5.41) is 5.85. The molecule has 0 radical (unpaired) electrons. The Bertz CT molecular complexity index is 838. The van der Waals surface area contributed by atoms with Gasteiger partial charge in [-0.3, -0.25) is 4.79 Å². The molecule has 0 bridgehead atoms. The zero-order chi connectivity index (χ0) is 17.5. The second kappa shape index (κ2) is 8.01. The third kappa shape index (κ3) is 4.84. The number of hydrogen-bond donors (Lipinski definition) is 2. The predicted octanol–water partition coefficient (Wildman–Crippen LogP) is 3.16. The molecule has 1 heterocycles. The Morgan fingerprint density at radius 3 is 2.40 bits per heavy atom. The summed E-state index contributed by atoms with van der Waals surface area (Å²) in [5.74, 6) is -0.229. The number of anilines is 1. The standard InChI is InChI=1S/C19H17FN4O/c20-16-8-6-15(7-9-16)12-22-18(25)17-10-11-21-19(24-17)23-13-14-4-2-1-3-5-14/h1-11H,12-13H2,(H,22,25)(H,21,23,24). The van der Waals surface area contributed by atoms with Gasteiger partial charge < -0.3 is 10.6 Å². The Balaban J connectivity index is 1.58. The van der Waals surface area contributed by atoms with Gasteiger partial charge in [0.15, 0.2) is 0 Å². The van der Waals surface area contributed by atoms with Crippen LogP contribution in [-0.2, 0) is 13.1 Å². The SMILES string of the molecule is O=C(NCc1ccc(F)cc1)c1ccnc(NCc2ccccc2)n1. The molecule has 0 unspecified atom stereocenters. The highest BCUT2D eigenvalue weighted by Crippen LogP contribution is 2.06. The minimum atomic E-state index is -0.311. The lowest BCUT2D eigenvalue weighted by molar-refractivity contribution is 0.0946. The molecule has 1 amide bonds. The van der Waals surface area contributed by atoms with Crippen molar-refractivity contribution in [3.8, 4) is 0 Å². The first-order chi connectivity index (χ1) is 12.2. The van der Waals surface area contributed by atoms with E-state index in [2.05, 4.69) is 20.6 Å². The van der Waals surface area contributed by atoms with Gasteiger partial charge in [0.1, 0.15) is 11.5 Å². The lowest BCUT2D eigenvalue weighted by Crippen LogP contribution is -2.24. The van der Waals surface area contributed by atoms with Crippen LogP contribution in [0.25, 0.3) is 0 Å². The second-order valence-electron chi connectivity index (χ2n) is 5.41. The number of nitrogens with zero attached hydrogens (tertiary/aromatic N) is 2. The van der Waals surface area contributed by atoms with Gasteiger partial charge in [-0.2, -0.15) is 0 Å². The molecule has 0 aliphatic carbocycles. The van der Waals surface area contributed by atoms with Crippen molar-refractivity contribution in [3.05, 3.63) is 89.5 Å². The molecule has 126 valence electrons. The minimum Gasteiger partial charge on any atom is -0.350 e. The van der Waals surface area contributed by atoms with Gasteiger partial charge in [0.05, 0.1) is 0 Å². The zero-order valence-corrected chi connectivity index (χ0v) is 13.4. The van der Waals surface area contributed by atoms with Crippen molar-refractivity contribution < 1.29 is 9.18 Å².